The van der Waals surface area contributed by atoms with Crippen LogP contribution in [-0.2, 0) is 10.8 Å². The number of allylic oxidation sites excluding steroid dienone is 14. The van der Waals surface area contributed by atoms with E-state index in [0.717, 1.165) is 39.7 Å². The molecule has 0 spiro atoms. The Labute approximate surface area is 356 Å². The van der Waals surface area contributed by atoms with Crippen LogP contribution >= 0.6 is 11.6 Å². The molecule has 0 atom stereocenters. The van der Waals surface area contributed by atoms with Gasteiger partial charge in [0.2, 0.25) is 0 Å². The van der Waals surface area contributed by atoms with Crippen LogP contribution in [0.5, 0.6) is 0 Å². The van der Waals surface area contributed by atoms with Gasteiger partial charge in [0.15, 0.2) is 0 Å². The molecule has 0 radical (unpaired) electrons. The summed E-state index contributed by atoms with van der Waals surface area (Å²) in [6, 6.07) is 37.5. The molecule has 0 aliphatic heterocycles. The summed E-state index contributed by atoms with van der Waals surface area (Å²) >= 11 is 6.90. The first-order valence-corrected chi connectivity index (χ1v) is 21.0. The van der Waals surface area contributed by atoms with Gasteiger partial charge < -0.3 is 4.90 Å². The van der Waals surface area contributed by atoms with Crippen LogP contribution < -0.4 is 4.90 Å². The van der Waals surface area contributed by atoms with E-state index in [9.17, 15) is 0 Å². The second-order valence-corrected chi connectivity index (χ2v) is 17.2. The minimum atomic E-state index is -0.165. The molecule has 0 heterocycles. The molecule has 292 valence electrons. The van der Waals surface area contributed by atoms with Gasteiger partial charge in [0.1, 0.15) is 0 Å². The molecule has 5 aromatic rings. The smallest absolute Gasteiger partial charge is 0.0487 e. The molecule has 2 heteroatoms. The first-order valence-electron chi connectivity index (χ1n) is 20.6. The minimum absolute atomic E-state index is 0.119. The maximum Gasteiger partial charge on any atom is 0.0487 e. The van der Waals surface area contributed by atoms with Crippen LogP contribution in [0.4, 0.5) is 5.69 Å². The molecule has 0 saturated carbocycles. The van der Waals surface area contributed by atoms with Crippen molar-refractivity contribution in [2.75, 3.05) is 4.90 Å². The maximum absolute atomic E-state index is 6.90. The summed E-state index contributed by atoms with van der Waals surface area (Å²) in [5.74, 6) is 0. The van der Waals surface area contributed by atoms with E-state index < -0.39 is 0 Å². The molecule has 0 amide bonds. The molecule has 0 aromatic heterocycles. The van der Waals surface area contributed by atoms with E-state index in [0.29, 0.717) is 0 Å². The van der Waals surface area contributed by atoms with Crippen LogP contribution in [0.2, 0.25) is 5.02 Å². The fourth-order valence-corrected chi connectivity index (χ4v) is 9.35. The summed E-state index contributed by atoms with van der Waals surface area (Å²) in [5.41, 5.74) is 20.4. The van der Waals surface area contributed by atoms with E-state index in [-0.39, 0.29) is 10.8 Å². The summed E-state index contributed by atoms with van der Waals surface area (Å²) in [7, 11) is 0. The SMILES string of the molecule is C=C/C=C\C=C(/C)c1ccc(N(C2=CC=C(c3ccc4c(c3)C(C)(C)c3cc5c(cc3-4)C(C)(C)c3cccc(Cl)c3-5)CC=C2)C(/C=C\C(=C)c2ccccc2)=C/C)cc1. The fourth-order valence-electron chi connectivity index (χ4n) is 9.08. The summed E-state index contributed by atoms with van der Waals surface area (Å²) in [4.78, 5) is 2.33. The average molecular weight is 787 g/mol. The first-order chi connectivity index (χ1) is 28.4. The van der Waals surface area contributed by atoms with Crippen molar-refractivity contribution in [1.82, 2.24) is 0 Å². The molecular weight excluding hydrogens is 734 g/mol. The average Bonchev–Trinajstić information content (AvgIpc) is 3.44. The van der Waals surface area contributed by atoms with Crippen LogP contribution in [0, 0.1) is 0 Å². The molecule has 3 aliphatic rings. The number of anilines is 1. The molecule has 8 rings (SSSR count). The zero-order valence-corrected chi connectivity index (χ0v) is 35.9. The van der Waals surface area contributed by atoms with Crippen LogP contribution in [0.15, 0.2) is 195 Å². The van der Waals surface area contributed by atoms with E-state index >= 15 is 0 Å². The van der Waals surface area contributed by atoms with Gasteiger partial charge in [-0.1, -0.05) is 168 Å². The Kier molecular flexibility index (Phi) is 10.7. The summed E-state index contributed by atoms with van der Waals surface area (Å²) < 4.78 is 0. The van der Waals surface area contributed by atoms with E-state index in [4.69, 9.17) is 11.6 Å². The Morgan fingerprint density at radius 3 is 2.17 bits per heavy atom. The van der Waals surface area contributed by atoms with Crippen LogP contribution in [0.25, 0.3) is 39.0 Å². The van der Waals surface area contributed by atoms with Crippen molar-refractivity contribution in [2.24, 2.45) is 0 Å². The zero-order chi connectivity index (χ0) is 41.5. The lowest BCUT2D eigenvalue weighted by Crippen LogP contribution is -2.19. The molecular formula is C57H52ClN. The highest BCUT2D eigenvalue weighted by molar-refractivity contribution is 6.34. The standard InChI is InChI=1S/C57H52ClN/c1-9-11-13-18-38(3)41-26-31-46(32-27-41)59(44(10-2)30-25-39(4)40-19-14-12-15-20-40)45-22-16-21-42(28-33-45)43-29-34-47-48-36-53-49(37-52(48)57(7,8)51(47)35-43)55-50(56(53,5)6)23-17-24-54(55)58/h9-20,22-37H,1,4,21H2,2-3,5-8H3/b13-11-,30-25-,38-18+,44-10+. The Morgan fingerprint density at radius 2 is 1.42 bits per heavy atom. The van der Waals surface area contributed by atoms with E-state index in [1.165, 1.54) is 66.8 Å². The second-order valence-electron chi connectivity index (χ2n) is 16.8. The third-order valence-corrected chi connectivity index (χ3v) is 12.8. The molecule has 0 fully saturated rings. The highest BCUT2D eigenvalue weighted by atomic mass is 35.5. The summed E-state index contributed by atoms with van der Waals surface area (Å²) in [6.45, 7) is 21.8. The molecule has 0 saturated heterocycles. The van der Waals surface area contributed by atoms with Gasteiger partial charge in [0, 0.05) is 38.5 Å². The number of halogens is 1. The molecule has 3 aliphatic carbocycles. The monoisotopic (exact) mass is 785 g/mol. The number of hydrogen-bond acceptors (Lipinski definition) is 1. The molecule has 5 aromatic carbocycles. The predicted molar refractivity (Wildman–Crippen MR) is 257 cm³/mol. The Balaban J connectivity index is 1.15. The number of rotatable bonds is 10. The van der Waals surface area contributed by atoms with Gasteiger partial charge in [-0.15, -0.1) is 0 Å². The summed E-state index contributed by atoms with van der Waals surface area (Å²) in [6.07, 6.45) is 24.3. The van der Waals surface area contributed by atoms with Crippen molar-refractivity contribution >= 4 is 34.0 Å². The molecule has 0 N–H and O–H groups in total. The number of hydrogen-bond donors (Lipinski definition) is 0. The molecule has 0 bridgehead atoms. The third-order valence-electron chi connectivity index (χ3n) is 12.5. The Hall–Kier alpha value is -6.15. The molecule has 0 unspecified atom stereocenters. The lowest BCUT2D eigenvalue weighted by molar-refractivity contribution is 0.652. The van der Waals surface area contributed by atoms with Crippen LogP contribution in [-0.4, -0.2) is 0 Å². The van der Waals surface area contributed by atoms with E-state index in [2.05, 4.69) is 199 Å². The van der Waals surface area contributed by atoms with E-state index in [1.54, 1.807) is 6.08 Å². The van der Waals surface area contributed by atoms with Crippen molar-refractivity contribution in [2.45, 2.75) is 58.8 Å². The zero-order valence-electron chi connectivity index (χ0n) is 35.1. The van der Waals surface area contributed by atoms with Crippen LogP contribution in [0.1, 0.15) is 86.9 Å². The summed E-state index contributed by atoms with van der Waals surface area (Å²) in [5, 5.41) is 0.830. The first kappa shape index (κ1) is 39.7. The van der Waals surface area contributed by atoms with Crippen molar-refractivity contribution in [3.63, 3.8) is 0 Å². The quantitative estimate of drug-likeness (QED) is 0.127. The molecule has 59 heavy (non-hydrogen) atoms. The highest BCUT2D eigenvalue weighted by Gasteiger charge is 2.42. The lowest BCUT2D eigenvalue weighted by atomic mass is 9.79. The predicted octanol–water partition coefficient (Wildman–Crippen LogP) is 16.0. The topological polar surface area (TPSA) is 3.24 Å². The second kappa shape index (κ2) is 15.9. The Bertz CT molecular complexity index is 2720. The van der Waals surface area contributed by atoms with Gasteiger partial charge in [0.25, 0.3) is 0 Å². The normalized spacial score (nSPS) is 16.3. The van der Waals surface area contributed by atoms with Gasteiger partial charge in [-0.3, -0.25) is 0 Å². The van der Waals surface area contributed by atoms with Gasteiger partial charge in [0.05, 0.1) is 0 Å². The van der Waals surface area contributed by atoms with Crippen LogP contribution in [0.3, 0.4) is 0 Å². The maximum atomic E-state index is 6.90. The van der Waals surface area contributed by atoms with Gasteiger partial charge in [-0.2, -0.15) is 0 Å². The Morgan fingerprint density at radius 1 is 0.712 bits per heavy atom. The van der Waals surface area contributed by atoms with Crippen molar-refractivity contribution in [3.8, 4) is 22.3 Å². The van der Waals surface area contributed by atoms with E-state index in [1.807, 2.05) is 24.3 Å². The minimum Gasteiger partial charge on any atom is -0.311 e. The number of benzene rings is 5. The number of fused-ring (bicyclic) bond motifs is 6. The highest BCUT2D eigenvalue weighted by Crippen LogP contribution is 2.57. The largest absolute Gasteiger partial charge is 0.311 e. The van der Waals surface area contributed by atoms with Crippen molar-refractivity contribution in [1.29, 1.82) is 0 Å². The van der Waals surface area contributed by atoms with Gasteiger partial charge in [-0.25, -0.2) is 0 Å². The van der Waals surface area contributed by atoms with Crippen molar-refractivity contribution < 1.29 is 0 Å². The fraction of sp³-hybridized carbons (Fsp3) is 0.158. The van der Waals surface area contributed by atoms with Gasteiger partial charge in [-0.05, 0) is 147 Å². The lowest BCUT2D eigenvalue weighted by Gasteiger charge is -2.27. The molecule has 1 nitrogen and oxygen atoms in total. The third kappa shape index (κ3) is 7.19. The number of nitrogens with zero attached hydrogens (tertiary/aromatic N) is 1. The van der Waals surface area contributed by atoms with Crippen molar-refractivity contribution in [3.05, 3.63) is 238 Å². The van der Waals surface area contributed by atoms with Gasteiger partial charge >= 0.3 is 0 Å².